The summed E-state index contributed by atoms with van der Waals surface area (Å²) in [6.07, 6.45) is 0.632. The largest absolute Gasteiger partial charge is 0.465 e. The van der Waals surface area contributed by atoms with Crippen molar-refractivity contribution in [1.29, 1.82) is 0 Å². The molecule has 0 N–H and O–H groups in total. The number of benzene rings is 1. The van der Waals surface area contributed by atoms with E-state index >= 15 is 0 Å². The smallest absolute Gasteiger partial charge is 0.308 e. The summed E-state index contributed by atoms with van der Waals surface area (Å²) >= 11 is 1.27. The lowest BCUT2D eigenvalue weighted by Crippen LogP contribution is -2.18. The van der Waals surface area contributed by atoms with E-state index in [0.717, 1.165) is 0 Å². The highest BCUT2D eigenvalue weighted by molar-refractivity contribution is 7.99. The van der Waals surface area contributed by atoms with Gasteiger partial charge in [-0.1, -0.05) is 5.57 Å². The van der Waals surface area contributed by atoms with Gasteiger partial charge in [-0.15, -0.1) is 11.8 Å². The van der Waals surface area contributed by atoms with Crippen molar-refractivity contribution in [3.8, 4) is 11.5 Å². The summed E-state index contributed by atoms with van der Waals surface area (Å²) < 4.78 is 41.3. The normalized spacial score (nSPS) is 18.8. The van der Waals surface area contributed by atoms with Crippen molar-refractivity contribution in [3.63, 3.8) is 0 Å². The third kappa shape index (κ3) is 4.95. The van der Waals surface area contributed by atoms with Gasteiger partial charge in [0.1, 0.15) is 18.1 Å². The van der Waals surface area contributed by atoms with Crippen molar-refractivity contribution < 1.29 is 37.0 Å². The Balaban J connectivity index is 2.16. The first kappa shape index (κ1) is 23.3. The lowest BCUT2D eigenvalue weighted by molar-refractivity contribution is -0.140. The van der Waals surface area contributed by atoms with Crippen molar-refractivity contribution in [2.24, 2.45) is 0 Å². The molecule has 1 aromatic carbocycles. The van der Waals surface area contributed by atoms with Crippen LogP contribution >= 0.6 is 11.8 Å². The average Bonchev–Trinajstić information content (AvgIpc) is 2.96. The summed E-state index contributed by atoms with van der Waals surface area (Å²) in [5, 5.41) is 0. The first-order valence-electron chi connectivity index (χ1n) is 9.76. The van der Waals surface area contributed by atoms with Gasteiger partial charge in [-0.2, -0.15) is 0 Å². The van der Waals surface area contributed by atoms with Gasteiger partial charge in [-0.05, 0) is 25.8 Å². The minimum atomic E-state index is -3.40. The van der Waals surface area contributed by atoms with Gasteiger partial charge in [0.15, 0.2) is 9.84 Å². The van der Waals surface area contributed by atoms with Crippen LogP contribution in [0.25, 0.3) is 0 Å². The predicted molar refractivity (Wildman–Crippen MR) is 114 cm³/mol. The molecule has 1 atom stereocenters. The molecule has 31 heavy (non-hydrogen) atoms. The van der Waals surface area contributed by atoms with Crippen molar-refractivity contribution in [2.75, 3.05) is 18.1 Å². The average molecular weight is 469 g/mol. The molecular weight excluding hydrogens is 444 g/mol. The standard InChI is InChI=1S/C21H24O8S2/c1-11-9-16-17(28-13(3)23)10-18(30-7-6-27-12(2)22)20(29-14(4)24)19(16)15-5-8-31(25,26)21(11)15/h10,15H,5-9H2,1-4H3. The highest BCUT2D eigenvalue weighted by atomic mass is 32.2. The molecule has 168 valence electrons. The molecule has 0 amide bonds. The minimum absolute atomic E-state index is 0.00993. The topological polar surface area (TPSA) is 113 Å². The molecule has 1 aliphatic carbocycles. The summed E-state index contributed by atoms with van der Waals surface area (Å²) in [4.78, 5) is 35.6. The van der Waals surface area contributed by atoms with E-state index in [1.54, 1.807) is 13.0 Å². The fraction of sp³-hybridized carbons (Fsp3) is 0.476. The molecule has 2 aliphatic rings. The number of hydrogen-bond donors (Lipinski definition) is 0. The minimum Gasteiger partial charge on any atom is -0.465 e. The Bertz CT molecular complexity index is 1090. The van der Waals surface area contributed by atoms with E-state index in [1.165, 1.54) is 32.5 Å². The molecule has 1 aromatic rings. The van der Waals surface area contributed by atoms with Gasteiger partial charge in [0.2, 0.25) is 0 Å². The molecule has 0 radical (unpaired) electrons. The number of allylic oxidation sites excluding steroid dienone is 2. The van der Waals surface area contributed by atoms with E-state index in [4.69, 9.17) is 14.2 Å². The molecule has 1 unspecified atom stereocenters. The fourth-order valence-electron chi connectivity index (χ4n) is 4.09. The lowest BCUT2D eigenvalue weighted by Gasteiger charge is -2.29. The zero-order valence-electron chi connectivity index (χ0n) is 17.8. The van der Waals surface area contributed by atoms with Gasteiger partial charge in [-0.25, -0.2) is 8.42 Å². The van der Waals surface area contributed by atoms with Gasteiger partial charge >= 0.3 is 17.9 Å². The first-order valence-corrected chi connectivity index (χ1v) is 12.4. The summed E-state index contributed by atoms with van der Waals surface area (Å²) in [6.45, 7) is 5.77. The highest BCUT2D eigenvalue weighted by Crippen LogP contribution is 2.54. The van der Waals surface area contributed by atoms with Gasteiger partial charge in [0.05, 0.1) is 15.6 Å². The molecule has 1 fully saturated rings. The number of rotatable bonds is 6. The number of hydrogen-bond acceptors (Lipinski definition) is 9. The Morgan fingerprint density at radius 1 is 1.10 bits per heavy atom. The van der Waals surface area contributed by atoms with Crippen molar-refractivity contribution >= 4 is 39.5 Å². The lowest BCUT2D eigenvalue weighted by atomic mass is 9.82. The third-order valence-corrected chi connectivity index (χ3v) is 8.10. The van der Waals surface area contributed by atoms with Crippen LogP contribution in [-0.2, 0) is 35.4 Å². The Kier molecular flexibility index (Phi) is 6.80. The van der Waals surface area contributed by atoms with E-state index in [9.17, 15) is 22.8 Å². The number of sulfone groups is 1. The van der Waals surface area contributed by atoms with Crippen LogP contribution < -0.4 is 9.47 Å². The monoisotopic (exact) mass is 468 g/mol. The molecule has 1 heterocycles. The van der Waals surface area contributed by atoms with Gasteiger partial charge in [0, 0.05) is 43.6 Å². The molecule has 10 heteroatoms. The summed E-state index contributed by atoms with van der Waals surface area (Å²) in [5.41, 5.74) is 1.93. The Morgan fingerprint density at radius 3 is 2.39 bits per heavy atom. The zero-order chi connectivity index (χ0) is 22.9. The second-order valence-electron chi connectivity index (χ2n) is 7.45. The number of esters is 3. The van der Waals surface area contributed by atoms with Gasteiger partial charge in [-0.3, -0.25) is 14.4 Å². The van der Waals surface area contributed by atoms with Crippen LogP contribution in [0.4, 0.5) is 0 Å². The zero-order valence-corrected chi connectivity index (χ0v) is 19.4. The van der Waals surface area contributed by atoms with E-state index in [0.29, 0.717) is 44.4 Å². The Labute approximate surface area is 185 Å². The maximum absolute atomic E-state index is 12.7. The number of fused-ring (bicyclic) bond motifs is 3. The second kappa shape index (κ2) is 9.04. The number of carbonyl (C=O) groups is 3. The second-order valence-corrected chi connectivity index (χ2v) is 10.7. The molecule has 0 saturated carbocycles. The van der Waals surface area contributed by atoms with Gasteiger partial charge in [0.25, 0.3) is 0 Å². The predicted octanol–water partition coefficient (Wildman–Crippen LogP) is 2.92. The first-order chi connectivity index (χ1) is 14.5. The molecule has 0 aromatic heterocycles. The number of ether oxygens (including phenoxy) is 3. The number of carbonyl (C=O) groups excluding carboxylic acids is 3. The van der Waals surface area contributed by atoms with Crippen molar-refractivity contribution in [3.05, 3.63) is 27.7 Å². The maximum Gasteiger partial charge on any atom is 0.308 e. The highest BCUT2D eigenvalue weighted by Gasteiger charge is 2.43. The summed E-state index contributed by atoms with van der Waals surface area (Å²) in [7, 11) is -3.40. The molecular formula is C21H24O8S2. The molecule has 0 bridgehead atoms. The molecule has 1 aliphatic heterocycles. The van der Waals surface area contributed by atoms with Crippen molar-refractivity contribution in [2.45, 2.75) is 51.3 Å². The van der Waals surface area contributed by atoms with Crippen LogP contribution in [0.15, 0.2) is 21.4 Å². The molecule has 0 spiro atoms. The fourth-order valence-corrected chi connectivity index (χ4v) is 6.98. The Morgan fingerprint density at radius 2 is 1.77 bits per heavy atom. The van der Waals surface area contributed by atoms with Crippen molar-refractivity contribution in [1.82, 2.24) is 0 Å². The quantitative estimate of drug-likeness (QED) is 0.269. The van der Waals surface area contributed by atoms with Gasteiger partial charge < -0.3 is 14.2 Å². The van der Waals surface area contributed by atoms with Crippen LogP contribution in [0.2, 0.25) is 0 Å². The Hall–Kier alpha value is -2.33. The van der Waals surface area contributed by atoms with Crippen LogP contribution in [0, 0.1) is 0 Å². The van der Waals surface area contributed by atoms with Crippen LogP contribution in [0.3, 0.4) is 0 Å². The summed E-state index contributed by atoms with van der Waals surface area (Å²) in [6, 6.07) is 1.62. The molecule has 8 nitrogen and oxygen atoms in total. The third-order valence-electron chi connectivity index (χ3n) is 5.04. The maximum atomic E-state index is 12.7. The van der Waals surface area contributed by atoms with Crippen LogP contribution in [-0.4, -0.2) is 44.4 Å². The van der Waals surface area contributed by atoms with Crippen LogP contribution in [0.1, 0.15) is 51.2 Å². The number of thioether (sulfide) groups is 1. The van der Waals surface area contributed by atoms with E-state index in [1.807, 2.05) is 0 Å². The molecule has 3 rings (SSSR count). The van der Waals surface area contributed by atoms with E-state index < -0.39 is 33.7 Å². The SMILES string of the molecule is CC(=O)OCCSc1cc(OC(C)=O)c2c(c1OC(C)=O)C1CCS(=O)(=O)C1=C(C)C2. The molecule has 1 saturated heterocycles. The van der Waals surface area contributed by atoms with E-state index in [-0.39, 0.29) is 24.5 Å². The van der Waals surface area contributed by atoms with E-state index in [2.05, 4.69) is 0 Å². The van der Waals surface area contributed by atoms with Crippen LogP contribution in [0.5, 0.6) is 11.5 Å². The summed E-state index contributed by atoms with van der Waals surface area (Å²) in [5.74, 6) is -0.954.